The van der Waals surface area contributed by atoms with E-state index in [1.54, 1.807) is 4.31 Å². The number of nitrogens with one attached hydrogen (secondary N) is 1. The Morgan fingerprint density at radius 2 is 2.00 bits per heavy atom. The summed E-state index contributed by atoms with van der Waals surface area (Å²) >= 11 is 0. The number of rotatable bonds is 2. The Bertz CT molecular complexity index is 810. The van der Waals surface area contributed by atoms with Crippen LogP contribution >= 0.6 is 0 Å². The number of nitrogens with zero attached hydrogens (tertiary/aromatic N) is 3. The minimum atomic E-state index is -3.19. The number of benzene rings is 1. The number of aromatic amines is 1. The van der Waals surface area contributed by atoms with Gasteiger partial charge in [0.15, 0.2) is 0 Å². The predicted molar refractivity (Wildman–Crippen MR) is 88.7 cm³/mol. The lowest BCUT2D eigenvalue weighted by molar-refractivity contribution is 0.206. The molecule has 3 rings (SSSR count). The minimum Gasteiger partial charge on any atom is -0.368 e. The van der Waals surface area contributed by atoms with Crippen LogP contribution in [-0.2, 0) is 10.0 Å². The van der Waals surface area contributed by atoms with Gasteiger partial charge >= 0.3 is 0 Å². The number of fused-ring (bicyclic) bond motifs is 1. The molecule has 1 aromatic heterocycles. The summed E-state index contributed by atoms with van der Waals surface area (Å²) in [4.78, 5) is 2.26. The Morgan fingerprint density at radius 3 is 2.64 bits per heavy atom. The van der Waals surface area contributed by atoms with Crippen LogP contribution in [0.3, 0.4) is 0 Å². The van der Waals surface area contributed by atoms with Gasteiger partial charge in [0.2, 0.25) is 10.0 Å². The lowest BCUT2D eigenvalue weighted by atomic mass is 10.0. The Balaban J connectivity index is 1.99. The largest absolute Gasteiger partial charge is 0.368 e. The van der Waals surface area contributed by atoms with Crippen LogP contribution in [0.2, 0.25) is 0 Å². The smallest absolute Gasteiger partial charge is 0.211 e. The quantitative estimate of drug-likeness (QED) is 0.914. The lowest BCUT2D eigenvalue weighted by Crippen LogP contribution is -2.60. The van der Waals surface area contributed by atoms with Gasteiger partial charge in [0.1, 0.15) is 0 Å². The molecule has 0 atom stereocenters. The minimum absolute atomic E-state index is 0.439. The van der Waals surface area contributed by atoms with Crippen molar-refractivity contribution in [3.63, 3.8) is 0 Å². The van der Waals surface area contributed by atoms with E-state index in [1.807, 2.05) is 20.0 Å². The van der Waals surface area contributed by atoms with Gasteiger partial charge in [0.05, 0.1) is 18.0 Å². The molecule has 0 aliphatic carbocycles. The SMILES string of the molecule is Cc1cc(N2CCN(S(C)(=O)=O)C(C)(C)C2)c2cn[nH]c2c1. The number of sulfonamides is 1. The first-order valence-corrected chi connectivity index (χ1v) is 9.20. The van der Waals surface area contributed by atoms with E-state index in [0.717, 1.165) is 22.2 Å². The maximum atomic E-state index is 12.0. The van der Waals surface area contributed by atoms with Gasteiger partial charge in [-0.2, -0.15) is 9.40 Å². The number of aromatic nitrogens is 2. The molecule has 120 valence electrons. The highest BCUT2D eigenvalue weighted by molar-refractivity contribution is 7.88. The summed E-state index contributed by atoms with van der Waals surface area (Å²) in [5.74, 6) is 0. The molecule has 1 aromatic carbocycles. The first kappa shape index (κ1) is 15.3. The lowest BCUT2D eigenvalue weighted by Gasteiger charge is -2.46. The third-order valence-corrected chi connectivity index (χ3v) is 5.73. The van der Waals surface area contributed by atoms with Gasteiger partial charge in [-0.05, 0) is 38.5 Å². The molecular formula is C15H22N4O2S. The third kappa shape index (κ3) is 2.59. The van der Waals surface area contributed by atoms with Crippen molar-refractivity contribution in [2.75, 3.05) is 30.8 Å². The second-order valence-electron chi connectivity index (χ2n) is 6.68. The van der Waals surface area contributed by atoms with Gasteiger partial charge in [-0.3, -0.25) is 5.10 Å². The summed E-state index contributed by atoms with van der Waals surface area (Å²) < 4.78 is 25.5. The van der Waals surface area contributed by atoms with Gasteiger partial charge in [0, 0.05) is 36.2 Å². The average molecular weight is 322 g/mol. The van der Waals surface area contributed by atoms with Gasteiger partial charge in [-0.15, -0.1) is 0 Å². The topological polar surface area (TPSA) is 69.3 Å². The summed E-state index contributed by atoms with van der Waals surface area (Å²) in [6.45, 7) is 7.84. The zero-order valence-electron chi connectivity index (χ0n) is 13.4. The molecule has 1 aliphatic rings. The molecule has 0 spiro atoms. The van der Waals surface area contributed by atoms with Crippen molar-refractivity contribution in [1.82, 2.24) is 14.5 Å². The van der Waals surface area contributed by atoms with Crippen LogP contribution in [-0.4, -0.2) is 54.3 Å². The van der Waals surface area contributed by atoms with E-state index in [-0.39, 0.29) is 0 Å². The molecule has 22 heavy (non-hydrogen) atoms. The molecule has 0 unspecified atom stereocenters. The standard InChI is InChI=1S/C15H22N4O2S/c1-11-7-13-12(9-16-17-13)14(8-11)18-5-6-19(22(4,20)21)15(2,3)10-18/h7-9H,5-6,10H2,1-4H3,(H,16,17). The van der Waals surface area contributed by atoms with Crippen LogP contribution in [0.4, 0.5) is 5.69 Å². The maximum Gasteiger partial charge on any atom is 0.211 e. The fourth-order valence-electron chi connectivity index (χ4n) is 3.39. The highest BCUT2D eigenvalue weighted by Gasteiger charge is 2.39. The van der Waals surface area contributed by atoms with Crippen LogP contribution in [0.25, 0.3) is 10.9 Å². The van der Waals surface area contributed by atoms with E-state index in [1.165, 1.54) is 6.26 Å². The molecule has 1 saturated heterocycles. The summed E-state index contributed by atoms with van der Waals surface area (Å²) in [7, 11) is -3.19. The number of anilines is 1. The first-order valence-electron chi connectivity index (χ1n) is 7.35. The molecule has 7 heteroatoms. The van der Waals surface area contributed by atoms with Crippen LogP contribution in [0.15, 0.2) is 18.3 Å². The van der Waals surface area contributed by atoms with Crippen molar-refractivity contribution in [1.29, 1.82) is 0 Å². The van der Waals surface area contributed by atoms with E-state index < -0.39 is 15.6 Å². The molecule has 1 fully saturated rings. The molecule has 0 saturated carbocycles. The molecule has 0 bridgehead atoms. The molecular weight excluding hydrogens is 300 g/mol. The van der Waals surface area contributed by atoms with Crippen molar-refractivity contribution in [2.45, 2.75) is 26.3 Å². The molecule has 1 N–H and O–H groups in total. The molecule has 0 radical (unpaired) electrons. The Hall–Kier alpha value is -1.60. The summed E-state index contributed by atoms with van der Waals surface area (Å²) in [6, 6.07) is 4.22. The molecule has 0 amide bonds. The van der Waals surface area contributed by atoms with E-state index >= 15 is 0 Å². The number of piperazine rings is 1. The van der Waals surface area contributed by atoms with E-state index in [2.05, 4.69) is 34.2 Å². The fourth-order valence-corrected chi connectivity index (χ4v) is 4.76. The number of aryl methyl sites for hydroxylation is 1. The summed E-state index contributed by atoms with van der Waals surface area (Å²) in [5, 5.41) is 8.22. The third-order valence-electron chi connectivity index (χ3n) is 4.25. The Labute approximate surface area is 131 Å². The summed E-state index contributed by atoms with van der Waals surface area (Å²) in [5.41, 5.74) is 2.85. The first-order chi connectivity index (χ1) is 10.2. The average Bonchev–Trinajstić information content (AvgIpc) is 2.82. The van der Waals surface area contributed by atoms with Crippen LogP contribution in [0.5, 0.6) is 0 Å². The van der Waals surface area contributed by atoms with E-state index in [0.29, 0.717) is 19.6 Å². The van der Waals surface area contributed by atoms with Crippen molar-refractivity contribution in [3.8, 4) is 0 Å². The number of hydrogen-bond donors (Lipinski definition) is 1. The van der Waals surface area contributed by atoms with Crippen LogP contribution in [0.1, 0.15) is 19.4 Å². The predicted octanol–water partition coefficient (Wildman–Crippen LogP) is 1.73. The Morgan fingerprint density at radius 1 is 1.27 bits per heavy atom. The molecule has 2 heterocycles. The second-order valence-corrected chi connectivity index (χ2v) is 8.59. The van der Waals surface area contributed by atoms with Gasteiger partial charge in [-0.1, -0.05) is 0 Å². The van der Waals surface area contributed by atoms with Crippen molar-refractivity contribution >= 4 is 26.6 Å². The molecule has 6 nitrogen and oxygen atoms in total. The number of H-pyrrole nitrogens is 1. The van der Waals surface area contributed by atoms with Crippen LogP contribution in [0, 0.1) is 6.92 Å². The second kappa shape index (κ2) is 4.96. The normalized spacial score (nSPS) is 19.7. The van der Waals surface area contributed by atoms with E-state index in [9.17, 15) is 8.42 Å². The zero-order chi connectivity index (χ0) is 16.1. The van der Waals surface area contributed by atoms with Crippen molar-refractivity contribution in [2.24, 2.45) is 0 Å². The number of hydrogen-bond acceptors (Lipinski definition) is 4. The van der Waals surface area contributed by atoms with Crippen LogP contribution < -0.4 is 4.90 Å². The zero-order valence-corrected chi connectivity index (χ0v) is 14.2. The maximum absolute atomic E-state index is 12.0. The highest BCUT2D eigenvalue weighted by Crippen LogP contribution is 2.32. The van der Waals surface area contributed by atoms with Gasteiger partial charge in [0.25, 0.3) is 0 Å². The fraction of sp³-hybridized carbons (Fsp3) is 0.533. The molecule has 2 aromatic rings. The Kier molecular flexibility index (Phi) is 3.45. The molecule has 1 aliphatic heterocycles. The highest BCUT2D eigenvalue weighted by atomic mass is 32.2. The monoisotopic (exact) mass is 322 g/mol. The van der Waals surface area contributed by atoms with Gasteiger partial charge < -0.3 is 4.90 Å². The van der Waals surface area contributed by atoms with Crippen molar-refractivity contribution < 1.29 is 8.42 Å². The van der Waals surface area contributed by atoms with Gasteiger partial charge in [-0.25, -0.2) is 8.42 Å². The summed E-state index contributed by atoms with van der Waals surface area (Å²) in [6.07, 6.45) is 3.12. The van der Waals surface area contributed by atoms with Crippen molar-refractivity contribution in [3.05, 3.63) is 23.9 Å². The van der Waals surface area contributed by atoms with E-state index in [4.69, 9.17) is 0 Å².